The van der Waals surface area contributed by atoms with Crippen LogP contribution in [0.25, 0.3) is 6.08 Å². The van der Waals surface area contributed by atoms with Gasteiger partial charge in [0.2, 0.25) is 5.91 Å². The average Bonchev–Trinajstić information content (AvgIpc) is 2.96. The molecule has 0 N–H and O–H groups in total. The van der Waals surface area contributed by atoms with Gasteiger partial charge < -0.3 is 4.90 Å². The van der Waals surface area contributed by atoms with Crippen molar-refractivity contribution in [3.8, 4) is 0 Å². The number of amides is 3. The van der Waals surface area contributed by atoms with E-state index in [1.807, 2.05) is 42.5 Å². The maximum atomic E-state index is 12.7. The van der Waals surface area contributed by atoms with Crippen LogP contribution in [0.5, 0.6) is 0 Å². The van der Waals surface area contributed by atoms with Gasteiger partial charge >= 0.3 is 0 Å². The number of imide groups is 1. The van der Waals surface area contributed by atoms with E-state index in [1.165, 1.54) is 5.56 Å². The summed E-state index contributed by atoms with van der Waals surface area (Å²) in [6.07, 6.45) is 2.49. The summed E-state index contributed by atoms with van der Waals surface area (Å²) >= 11 is 3.09. The summed E-state index contributed by atoms with van der Waals surface area (Å²) in [6.45, 7) is 0.908. The molecule has 3 amide bonds. The fourth-order valence-corrected chi connectivity index (χ4v) is 4.49. The summed E-state index contributed by atoms with van der Waals surface area (Å²) in [5.74, 6) is -0.605. The van der Waals surface area contributed by atoms with Crippen LogP contribution in [0.2, 0.25) is 0 Å². The topological polar surface area (TPSA) is 57.7 Å². The fraction of sp³-hybridized carbons (Fsp3) is 0.190. The first kappa shape index (κ1) is 19.2. The minimum atomic E-state index is -0.403. The monoisotopic (exact) mass is 504 g/mol. The van der Waals surface area contributed by atoms with Crippen LogP contribution < -0.4 is 0 Å². The van der Waals surface area contributed by atoms with Crippen molar-refractivity contribution < 1.29 is 14.4 Å². The van der Waals surface area contributed by atoms with Crippen molar-refractivity contribution in [3.05, 3.63) is 73.7 Å². The second-order valence-corrected chi connectivity index (χ2v) is 8.89. The summed E-state index contributed by atoms with van der Waals surface area (Å²) in [7, 11) is 0. The molecule has 5 nitrogen and oxygen atoms in total. The summed E-state index contributed by atoms with van der Waals surface area (Å²) in [6, 6.07) is 15.7. The highest BCUT2D eigenvalue weighted by atomic mass is 127. The molecule has 2 aromatic rings. The van der Waals surface area contributed by atoms with Crippen molar-refractivity contribution in [1.82, 2.24) is 9.80 Å². The van der Waals surface area contributed by atoms with Crippen molar-refractivity contribution >= 4 is 57.5 Å². The second kappa shape index (κ2) is 8.08. The third-order valence-electron chi connectivity index (χ3n) is 4.82. The zero-order valence-corrected chi connectivity index (χ0v) is 17.9. The van der Waals surface area contributed by atoms with Crippen molar-refractivity contribution in [1.29, 1.82) is 0 Å². The predicted octanol–water partition coefficient (Wildman–Crippen LogP) is 3.91. The summed E-state index contributed by atoms with van der Waals surface area (Å²) in [5, 5.41) is -0.396. The van der Waals surface area contributed by atoms with Gasteiger partial charge in [0, 0.05) is 16.7 Å². The number of carbonyl (C=O) groups excluding carboxylic acids is 3. The Morgan fingerprint density at radius 3 is 2.54 bits per heavy atom. The number of thioether (sulfide) groups is 1. The third-order valence-corrected chi connectivity index (χ3v) is 6.44. The Morgan fingerprint density at radius 1 is 1.07 bits per heavy atom. The summed E-state index contributed by atoms with van der Waals surface area (Å²) in [4.78, 5) is 40.8. The highest BCUT2D eigenvalue weighted by Crippen LogP contribution is 2.32. The smallest absolute Gasteiger partial charge is 0.294 e. The van der Waals surface area contributed by atoms with E-state index in [0.29, 0.717) is 18.0 Å². The second-order valence-electron chi connectivity index (χ2n) is 6.65. The lowest BCUT2D eigenvalue weighted by atomic mass is 10.00. The number of benzene rings is 2. The Labute approximate surface area is 180 Å². The highest BCUT2D eigenvalue weighted by Gasteiger charge is 2.37. The number of fused-ring (bicyclic) bond motifs is 1. The maximum Gasteiger partial charge on any atom is 0.294 e. The molecule has 142 valence electrons. The molecule has 7 heteroatoms. The molecule has 2 aliphatic rings. The molecular weight excluding hydrogens is 487 g/mol. The van der Waals surface area contributed by atoms with Gasteiger partial charge in [0.1, 0.15) is 6.54 Å². The number of nitrogens with zero attached hydrogens (tertiary/aromatic N) is 2. The van der Waals surface area contributed by atoms with E-state index >= 15 is 0 Å². The van der Waals surface area contributed by atoms with Gasteiger partial charge in [0.15, 0.2) is 0 Å². The van der Waals surface area contributed by atoms with E-state index in [9.17, 15) is 14.4 Å². The van der Waals surface area contributed by atoms with E-state index < -0.39 is 11.1 Å². The lowest BCUT2D eigenvalue weighted by Gasteiger charge is -2.29. The molecule has 2 heterocycles. The normalized spacial score (nSPS) is 18.0. The zero-order valence-electron chi connectivity index (χ0n) is 14.9. The van der Waals surface area contributed by atoms with Crippen LogP contribution in [-0.2, 0) is 22.6 Å². The molecule has 2 aliphatic heterocycles. The minimum Gasteiger partial charge on any atom is -0.336 e. The van der Waals surface area contributed by atoms with Crippen molar-refractivity contribution in [2.24, 2.45) is 0 Å². The Bertz CT molecular complexity index is 987. The number of rotatable bonds is 3. The summed E-state index contributed by atoms with van der Waals surface area (Å²) < 4.78 is 1.09. The molecule has 0 atom stereocenters. The van der Waals surface area contributed by atoms with Crippen LogP contribution in [0.3, 0.4) is 0 Å². The molecule has 0 radical (unpaired) electrons. The first-order chi connectivity index (χ1) is 13.5. The van der Waals surface area contributed by atoms with Crippen LogP contribution in [0.4, 0.5) is 4.79 Å². The highest BCUT2D eigenvalue weighted by molar-refractivity contribution is 14.1. The first-order valence-corrected chi connectivity index (χ1v) is 10.8. The number of hydrogen-bond acceptors (Lipinski definition) is 4. The SMILES string of the molecule is O=C(CN1C(=O)S/C(=C\c2ccc(I)cc2)C1=O)N1CCc2ccccc2C1. The zero-order chi connectivity index (χ0) is 19.7. The molecule has 0 aromatic heterocycles. The molecule has 0 unspecified atom stereocenters. The van der Waals surface area contributed by atoms with E-state index in [0.717, 1.165) is 37.8 Å². The lowest BCUT2D eigenvalue weighted by Crippen LogP contribution is -2.44. The Hall–Kier alpha value is -2.13. The lowest BCUT2D eigenvalue weighted by molar-refractivity contribution is -0.136. The largest absolute Gasteiger partial charge is 0.336 e. The maximum absolute atomic E-state index is 12.7. The van der Waals surface area contributed by atoms with Crippen LogP contribution >= 0.6 is 34.4 Å². The molecule has 2 aromatic carbocycles. The molecule has 1 saturated heterocycles. The first-order valence-electron chi connectivity index (χ1n) is 8.87. The van der Waals surface area contributed by atoms with Gasteiger partial charge in [-0.2, -0.15) is 0 Å². The van der Waals surface area contributed by atoms with Gasteiger partial charge in [0.25, 0.3) is 11.1 Å². The van der Waals surface area contributed by atoms with Gasteiger partial charge in [-0.05, 0) is 75.7 Å². The van der Waals surface area contributed by atoms with E-state index in [-0.39, 0.29) is 12.5 Å². The third kappa shape index (κ3) is 4.00. The van der Waals surface area contributed by atoms with Gasteiger partial charge in [0.05, 0.1) is 4.91 Å². The molecule has 1 fully saturated rings. The van der Waals surface area contributed by atoms with E-state index in [1.54, 1.807) is 11.0 Å². The molecule has 0 aliphatic carbocycles. The Kier molecular flexibility index (Phi) is 5.54. The van der Waals surface area contributed by atoms with Crippen molar-refractivity contribution in [2.75, 3.05) is 13.1 Å². The summed E-state index contributed by atoms with van der Waals surface area (Å²) in [5.41, 5.74) is 3.22. The van der Waals surface area contributed by atoms with Gasteiger partial charge in [-0.1, -0.05) is 36.4 Å². The standard InChI is InChI=1S/C21H17IN2O3S/c22-17-7-5-14(6-8-17)11-18-20(26)24(21(27)28-18)13-19(25)23-10-9-15-3-1-2-4-16(15)12-23/h1-8,11H,9-10,12-13H2/b18-11-. The van der Waals surface area contributed by atoms with Gasteiger partial charge in [-0.25, -0.2) is 0 Å². The Balaban J connectivity index is 1.45. The van der Waals surface area contributed by atoms with Crippen LogP contribution in [0.15, 0.2) is 53.4 Å². The molecule has 4 rings (SSSR count). The molecule has 0 spiro atoms. The van der Waals surface area contributed by atoms with Crippen LogP contribution in [0, 0.1) is 3.57 Å². The van der Waals surface area contributed by atoms with Crippen LogP contribution in [-0.4, -0.2) is 39.9 Å². The average molecular weight is 504 g/mol. The van der Waals surface area contributed by atoms with Gasteiger partial charge in [-0.3, -0.25) is 19.3 Å². The van der Waals surface area contributed by atoms with Gasteiger partial charge in [-0.15, -0.1) is 0 Å². The molecule has 28 heavy (non-hydrogen) atoms. The van der Waals surface area contributed by atoms with Crippen molar-refractivity contribution in [2.45, 2.75) is 13.0 Å². The molecule has 0 saturated carbocycles. The number of halogens is 1. The number of carbonyl (C=O) groups is 3. The number of hydrogen-bond donors (Lipinski definition) is 0. The molecule has 0 bridgehead atoms. The van der Waals surface area contributed by atoms with Crippen molar-refractivity contribution in [3.63, 3.8) is 0 Å². The molecular formula is C21H17IN2O3S. The fourth-order valence-electron chi connectivity index (χ4n) is 3.29. The quantitative estimate of drug-likeness (QED) is 0.470. The van der Waals surface area contributed by atoms with E-state index in [4.69, 9.17) is 0 Å². The minimum absolute atomic E-state index is 0.202. The Morgan fingerprint density at radius 2 is 1.79 bits per heavy atom. The van der Waals surface area contributed by atoms with E-state index in [2.05, 4.69) is 28.7 Å². The van der Waals surface area contributed by atoms with Crippen LogP contribution in [0.1, 0.15) is 16.7 Å². The predicted molar refractivity (Wildman–Crippen MR) is 117 cm³/mol.